The summed E-state index contributed by atoms with van der Waals surface area (Å²) in [6, 6.07) is 0. The molecule has 0 heterocycles. The number of aliphatic carboxylic acids is 1. The number of aliphatic hydroxyl groups excluding tert-OH is 1. The molecule has 0 aromatic carbocycles. The summed E-state index contributed by atoms with van der Waals surface area (Å²) >= 11 is 0. The molecule has 5 fully saturated rings. The van der Waals surface area contributed by atoms with Crippen LogP contribution in [0.25, 0.3) is 0 Å². The third kappa shape index (κ3) is 3.79. The van der Waals surface area contributed by atoms with Crippen molar-refractivity contribution in [2.75, 3.05) is 0 Å². The van der Waals surface area contributed by atoms with Gasteiger partial charge in [-0.2, -0.15) is 0 Å². The molecule has 10 atom stereocenters. The zero-order valence-corrected chi connectivity index (χ0v) is 29.8. The third-order valence-electron chi connectivity index (χ3n) is 15.5. The molecular formula is C40H56O7. The highest BCUT2D eigenvalue weighted by atomic mass is 16.4. The van der Waals surface area contributed by atoms with Crippen LogP contribution >= 0.6 is 0 Å². The number of hydrogen-bond acceptors (Lipinski definition) is 6. The highest BCUT2D eigenvalue weighted by molar-refractivity contribution is 6.23. The maximum atomic E-state index is 15.2. The molecule has 0 radical (unpaired) electrons. The first-order valence-corrected chi connectivity index (χ1v) is 18.0. The number of ketones is 2. The second-order valence-electron chi connectivity index (χ2n) is 18.3. The van der Waals surface area contributed by atoms with E-state index >= 15 is 4.79 Å². The summed E-state index contributed by atoms with van der Waals surface area (Å²) in [4.78, 5) is 55.7. The van der Waals surface area contributed by atoms with Gasteiger partial charge in [0.25, 0.3) is 0 Å². The van der Waals surface area contributed by atoms with Crippen molar-refractivity contribution in [2.24, 2.45) is 62.1 Å². The number of aliphatic hydroxyl groups is 2. The second-order valence-corrected chi connectivity index (χ2v) is 18.3. The van der Waals surface area contributed by atoms with E-state index in [9.17, 15) is 29.7 Å². The average Bonchev–Trinajstić information content (AvgIpc) is 3.31. The van der Waals surface area contributed by atoms with Gasteiger partial charge < -0.3 is 20.1 Å². The molecule has 0 saturated heterocycles. The first-order valence-electron chi connectivity index (χ1n) is 18.0. The molecule has 258 valence electrons. The van der Waals surface area contributed by atoms with E-state index in [4.69, 9.17) is 0 Å². The van der Waals surface area contributed by atoms with Crippen molar-refractivity contribution in [1.29, 1.82) is 0 Å². The minimum atomic E-state index is -2.07. The Morgan fingerprint density at radius 2 is 1.68 bits per heavy atom. The number of carboxylic acids is 1. The van der Waals surface area contributed by atoms with Gasteiger partial charge in [0, 0.05) is 17.3 Å². The fourth-order valence-electron chi connectivity index (χ4n) is 13.7. The predicted octanol–water partition coefficient (Wildman–Crippen LogP) is 7.58. The normalized spacial score (nSPS) is 47.5. The van der Waals surface area contributed by atoms with Gasteiger partial charge in [-0.1, -0.05) is 78.2 Å². The van der Waals surface area contributed by atoms with Gasteiger partial charge in [0.1, 0.15) is 11.0 Å². The number of hydrogen-bond donors (Lipinski definition) is 3. The Bertz CT molecular complexity index is 1530. The van der Waals surface area contributed by atoms with Crippen LogP contribution in [0.4, 0.5) is 0 Å². The molecule has 0 unspecified atom stereocenters. The lowest BCUT2D eigenvalue weighted by Crippen LogP contribution is -2.61. The van der Waals surface area contributed by atoms with E-state index in [2.05, 4.69) is 19.6 Å². The molecule has 2 bridgehead atoms. The lowest BCUT2D eigenvalue weighted by Gasteiger charge is -2.57. The van der Waals surface area contributed by atoms with Gasteiger partial charge in [-0.05, 0) is 99.4 Å². The predicted molar refractivity (Wildman–Crippen MR) is 179 cm³/mol. The summed E-state index contributed by atoms with van der Waals surface area (Å²) in [5.41, 5.74) is -5.55. The summed E-state index contributed by atoms with van der Waals surface area (Å²) in [6.45, 7) is 20.2. The topological polar surface area (TPSA) is 129 Å². The molecule has 1 spiro atoms. The third-order valence-corrected chi connectivity index (χ3v) is 15.5. The zero-order chi connectivity index (χ0) is 34.9. The molecule has 6 aliphatic rings. The standard InChI is InChI=1S/C40H56O7/c1-22(2)40-26(24(4)12-14-25-23(3)13-15-27-35(25,7)17-11-18-36(27,8)33(45)46)20-38(32(40)44)29(28(42)30(40)43)37(9)19-10-16-34(5,6)31(37)39(38,47)21-41/h12,21-22,25-27,31,42,47H,3,10-11,13-20H2,1-2,4-9H3,(H,45,46)/b24-12+/t25-,26-,27+,31-,35+,36+,37+,38-,39+,40-/m0/s1. The summed E-state index contributed by atoms with van der Waals surface area (Å²) in [5, 5.41) is 35.0. The van der Waals surface area contributed by atoms with Gasteiger partial charge in [-0.25, -0.2) is 0 Å². The van der Waals surface area contributed by atoms with Crippen LogP contribution in [0.2, 0.25) is 0 Å². The maximum absolute atomic E-state index is 15.2. The Balaban J connectivity index is 1.47. The molecule has 6 rings (SSSR count). The molecule has 0 aromatic heterocycles. The summed E-state index contributed by atoms with van der Waals surface area (Å²) in [5.74, 6) is -3.81. The molecule has 0 amide bonds. The van der Waals surface area contributed by atoms with Crippen molar-refractivity contribution >= 4 is 23.8 Å². The van der Waals surface area contributed by atoms with Crippen molar-refractivity contribution in [2.45, 2.75) is 125 Å². The number of carboxylic acid groups (broad SMARTS) is 1. The fraction of sp³-hybridized carbons (Fsp3) is 0.750. The smallest absolute Gasteiger partial charge is 0.309 e. The van der Waals surface area contributed by atoms with Crippen LogP contribution in [0.15, 0.2) is 35.1 Å². The van der Waals surface area contributed by atoms with E-state index in [0.29, 0.717) is 31.1 Å². The summed E-state index contributed by atoms with van der Waals surface area (Å²) in [7, 11) is 0. The molecule has 47 heavy (non-hydrogen) atoms. The van der Waals surface area contributed by atoms with Gasteiger partial charge in [0.05, 0.1) is 10.8 Å². The van der Waals surface area contributed by atoms with Crippen LogP contribution in [0, 0.1) is 62.1 Å². The van der Waals surface area contributed by atoms with Crippen LogP contribution < -0.4 is 0 Å². The molecule has 3 N–H and O–H groups in total. The molecule has 7 nitrogen and oxygen atoms in total. The highest BCUT2D eigenvalue weighted by Crippen LogP contribution is 2.79. The lowest BCUT2D eigenvalue weighted by molar-refractivity contribution is -0.169. The number of Topliss-reactive ketones (excluding diaryl/α,β-unsaturated/α-hetero) is 2. The fourth-order valence-corrected chi connectivity index (χ4v) is 13.7. The van der Waals surface area contributed by atoms with Crippen LogP contribution in [0.1, 0.15) is 120 Å². The highest BCUT2D eigenvalue weighted by Gasteiger charge is 2.85. The van der Waals surface area contributed by atoms with E-state index in [0.717, 1.165) is 49.7 Å². The quantitative estimate of drug-likeness (QED) is 0.154. The minimum Gasteiger partial charge on any atom is -0.504 e. The Kier molecular flexibility index (Phi) is 7.48. The number of rotatable bonds is 6. The van der Waals surface area contributed by atoms with Crippen LogP contribution in [0.5, 0.6) is 0 Å². The molecule has 0 aliphatic heterocycles. The van der Waals surface area contributed by atoms with Crippen molar-refractivity contribution in [1.82, 2.24) is 0 Å². The van der Waals surface area contributed by atoms with Gasteiger partial charge in [0.2, 0.25) is 5.78 Å². The van der Waals surface area contributed by atoms with Gasteiger partial charge in [-0.3, -0.25) is 14.4 Å². The van der Waals surface area contributed by atoms with Crippen molar-refractivity contribution in [3.8, 4) is 0 Å². The molecule has 5 saturated carbocycles. The van der Waals surface area contributed by atoms with Gasteiger partial charge in [0.15, 0.2) is 17.8 Å². The zero-order valence-electron chi connectivity index (χ0n) is 29.8. The summed E-state index contributed by atoms with van der Waals surface area (Å²) in [6.07, 6.45) is 9.51. The first-order chi connectivity index (χ1) is 21.7. The first kappa shape index (κ1) is 34.3. The van der Waals surface area contributed by atoms with E-state index in [1.807, 2.05) is 48.5 Å². The van der Waals surface area contributed by atoms with E-state index in [1.54, 1.807) is 0 Å². The average molecular weight is 649 g/mol. The monoisotopic (exact) mass is 648 g/mol. The Morgan fingerprint density at radius 1 is 1.04 bits per heavy atom. The van der Waals surface area contributed by atoms with E-state index < -0.39 is 73.7 Å². The number of aldehydes is 1. The SMILES string of the molecule is C=C1CC[C@@H]2[C@](C)(CCC[C@@]2(C)C(=O)O)[C@H]1C/C=C(\C)[C@@H]1C[C@@]23C(=O)[C@]1(C(C)C)C(=O)C(O)=C2[C@@]1(C)CCCC(C)(C)[C@@H]1[C@]3(O)C=O. The Morgan fingerprint density at radius 3 is 2.28 bits per heavy atom. The number of carbonyl (C=O) groups excluding carboxylic acids is 3. The molecule has 6 aliphatic carbocycles. The van der Waals surface area contributed by atoms with Crippen LogP contribution in [-0.4, -0.2) is 44.7 Å². The van der Waals surface area contributed by atoms with Gasteiger partial charge in [-0.15, -0.1) is 0 Å². The molecule has 0 aromatic rings. The Labute approximate surface area is 280 Å². The summed E-state index contributed by atoms with van der Waals surface area (Å²) < 4.78 is 0. The van der Waals surface area contributed by atoms with Gasteiger partial charge >= 0.3 is 5.97 Å². The van der Waals surface area contributed by atoms with Crippen LogP contribution in [0.3, 0.4) is 0 Å². The van der Waals surface area contributed by atoms with E-state index in [1.165, 1.54) is 0 Å². The van der Waals surface area contributed by atoms with Crippen LogP contribution in [-0.2, 0) is 19.2 Å². The molecular weight excluding hydrogens is 592 g/mol. The number of allylic oxidation sites excluding steroid dienone is 4. The van der Waals surface area contributed by atoms with Crippen molar-refractivity contribution in [3.63, 3.8) is 0 Å². The maximum Gasteiger partial charge on any atom is 0.309 e. The molecule has 7 heteroatoms. The van der Waals surface area contributed by atoms with Crippen molar-refractivity contribution in [3.05, 3.63) is 35.1 Å². The Hall–Kier alpha value is -2.54. The number of carbonyl (C=O) groups is 4. The van der Waals surface area contributed by atoms with Crippen molar-refractivity contribution < 1.29 is 34.5 Å². The van der Waals surface area contributed by atoms with E-state index in [-0.39, 0.29) is 23.7 Å². The minimum absolute atomic E-state index is 0.0115. The lowest BCUT2D eigenvalue weighted by atomic mass is 9.46. The number of fused-ring (bicyclic) bond motifs is 4. The second kappa shape index (κ2) is 10.2. The largest absolute Gasteiger partial charge is 0.504 e.